The van der Waals surface area contributed by atoms with Gasteiger partial charge in [0, 0.05) is 6.42 Å². The van der Waals surface area contributed by atoms with Gasteiger partial charge in [-0.15, -0.1) is 0 Å². The van der Waals surface area contributed by atoms with Crippen molar-refractivity contribution in [3.8, 4) is 0 Å². The summed E-state index contributed by atoms with van der Waals surface area (Å²) < 4.78 is 22.0. The Morgan fingerprint density at radius 3 is 2.79 bits per heavy atom. The lowest BCUT2D eigenvalue weighted by atomic mass is 10.2. The van der Waals surface area contributed by atoms with Crippen LogP contribution in [0, 0.1) is 0 Å². The number of nitrogen functional groups attached to an aromatic ring is 1. The van der Waals surface area contributed by atoms with E-state index >= 15 is 0 Å². The minimum absolute atomic E-state index is 0.0150. The van der Waals surface area contributed by atoms with E-state index < -0.39 is 37.8 Å². The second kappa shape index (κ2) is 5.81. The molecule has 0 radical (unpaired) electrons. The van der Waals surface area contributed by atoms with Gasteiger partial charge < -0.3 is 25.3 Å². The molecule has 0 aromatic carbocycles. The van der Waals surface area contributed by atoms with Gasteiger partial charge in [-0.05, 0) is 0 Å². The number of fused-ring (bicyclic) bond motifs is 1. The van der Waals surface area contributed by atoms with Gasteiger partial charge in [0.25, 0.3) is 0 Å². The number of imidazole rings is 1. The van der Waals surface area contributed by atoms with Gasteiger partial charge in [-0.25, -0.2) is 9.55 Å². The number of hydrogen-bond acceptors (Lipinski definition) is 9. The summed E-state index contributed by atoms with van der Waals surface area (Å²) in [5.41, 5.74) is 4.22. The zero-order chi connectivity index (χ0) is 17.6. The Balaban J connectivity index is 2.05. The van der Waals surface area contributed by atoms with Crippen molar-refractivity contribution in [2.45, 2.75) is 24.9 Å². The molecule has 3 rings (SSSR count). The molecule has 1 fully saturated rings. The summed E-state index contributed by atoms with van der Waals surface area (Å²) in [4.78, 5) is 37.5. The van der Waals surface area contributed by atoms with E-state index in [2.05, 4.69) is 14.6 Å². The average molecular weight is 363 g/mol. The van der Waals surface area contributed by atoms with Crippen LogP contribution in [0.25, 0.3) is 11.2 Å². The second-order valence-electron chi connectivity index (χ2n) is 5.08. The number of phosphoric acid groups is 1. The second-order valence-corrected chi connectivity index (χ2v) is 6.23. The first-order valence-corrected chi connectivity index (χ1v) is 8.19. The normalized spacial score (nSPS) is 24.6. The summed E-state index contributed by atoms with van der Waals surface area (Å²) in [6, 6.07) is 0. The van der Waals surface area contributed by atoms with Gasteiger partial charge in [0.15, 0.2) is 11.2 Å². The van der Waals surface area contributed by atoms with E-state index in [1.54, 1.807) is 0 Å². The van der Waals surface area contributed by atoms with Gasteiger partial charge in [-0.2, -0.15) is 4.98 Å². The van der Waals surface area contributed by atoms with Crippen molar-refractivity contribution < 1.29 is 33.9 Å². The Bertz CT molecular complexity index is 874. The van der Waals surface area contributed by atoms with Crippen molar-refractivity contribution in [3.05, 3.63) is 16.7 Å². The molecule has 0 amide bonds. The monoisotopic (exact) mass is 363 g/mol. The molecule has 0 bridgehead atoms. The molecule has 0 saturated carbocycles. The molecular weight excluding hydrogens is 349 g/mol. The summed E-state index contributed by atoms with van der Waals surface area (Å²) in [5.74, 6) is -0.602. The van der Waals surface area contributed by atoms with Crippen molar-refractivity contribution in [2.75, 3.05) is 12.3 Å². The average Bonchev–Trinajstić information content (AvgIpc) is 3.05. The highest BCUT2D eigenvalue weighted by Gasteiger charge is 2.35. The molecule has 2 aromatic heterocycles. The van der Waals surface area contributed by atoms with Gasteiger partial charge >= 0.3 is 13.4 Å². The van der Waals surface area contributed by atoms with E-state index in [-0.39, 0.29) is 28.9 Å². The van der Waals surface area contributed by atoms with Crippen LogP contribution in [0.5, 0.6) is 0 Å². The third-order valence-electron chi connectivity index (χ3n) is 3.47. The highest BCUT2D eigenvalue weighted by Crippen LogP contribution is 2.32. The molecule has 3 heterocycles. The van der Waals surface area contributed by atoms with Crippen LogP contribution in [0.4, 0.5) is 5.95 Å². The van der Waals surface area contributed by atoms with Crippen molar-refractivity contribution in [1.82, 2.24) is 19.3 Å². The number of aliphatic hydroxyl groups is 2. The fraction of sp³-hybridized carbons (Fsp3) is 0.500. The van der Waals surface area contributed by atoms with Crippen molar-refractivity contribution in [1.29, 1.82) is 0 Å². The van der Waals surface area contributed by atoms with Crippen LogP contribution in [0.3, 0.4) is 0 Å². The van der Waals surface area contributed by atoms with Crippen LogP contribution in [-0.4, -0.2) is 58.1 Å². The summed E-state index contributed by atoms with van der Waals surface area (Å²) >= 11 is 0. The van der Waals surface area contributed by atoms with Crippen LogP contribution in [0.1, 0.15) is 12.6 Å². The molecule has 132 valence electrons. The number of nitrogens with zero attached hydrogens (tertiary/aromatic N) is 4. The maximum Gasteiger partial charge on any atom is 0.544 e. The van der Waals surface area contributed by atoms with Crippen LogP contribution in [0.15, 0.2) is 11.1 Å². The fourth-order valence-electron chi connectivity index (χ4n) is 2.42. The Hall–Kier alpha value is -2.02. The number of aromatic nitrogens is 4. The molecule has 14 heteroatoms. The summed E-state index contributed by atoms with van der Waals surface area (Å²) in [6.07, 6.45) is -1.11. The number of nitrogens with two attached hydrogens (primary N) is 1. The predicted molar refractivity (Wildman–Crippen MR) is 76.4 cm³/mol. The maximum atomic E-state index is 12.2. The van der Waals surface area contributed by atoms with Crippen LogP contribution < -0.4 is 15.9 Å². The zero-order valence-corrected chi connectivity index (χ0v) is 12.9. The topological polar surface area (TPSA) is 195 Å². The summed E-state index contributed by atoms with van der Waals surface area (Å²) in [6.45, 7) is -0.386. The number of ether oxygens (including phenoxy) is 1. The van der Waals surface area contributed by atoms with E-state index in [1.807, 2.05) is 0 Å². The molecule has 24 heavy (non-hydrogen) atoms. The first-order valence-electron chi connectivity index (χ1n) is 6.66. The predicted octanol–water partition coefficient (Wildman–Crippen LogP) is -2.66. The minimum atomic E-state index is -5.03. The Morgan fingerprint density at radius 1 is 1.50 bits per heavy atom. The summed E-state index contributed by atoms with van der Waals surface area (Å²) in [7, 11) is -5.03. The molecular formula is C10H14N5O8P. The van der Waals surface area contributed by atoms with E-state index in [1.165, 1.54) is 10.9 Å². The van der Waals surface area contributed by atoms with Gasteiger partial charge in [-0.1, -0.05) is 4.73 Å². The van der Waals surface area contributed by atoms with Crippen LogP contribution in [-0.2, 0) is 9.30 Å². The Morgan fingerprint density at radius 2 is 2.21 bits per heavy atom. The lowest BCUT2D eigenvalue weighted by molar-refractivity contribution is -0.0432. The molecule has 13 nitrogen and oxygen atoms in total. The van der Waals surface area contributed by atoms with Crippen LogP contribution in [0.2, 0.25) is 0 Å². The van der Waals surface area contributed by atoms with Gasteiger partial charge in [0.1, 0.15) is 12.3 Å². The molecule has 0 aliphatic carbocycles. The fourth-order valence-corrected chi connectivity index (χ4v) is 2.79. The van der Waals surface area contributed by atoms with Gasteiger partial charge in [-0.3, -0.25) is 19.1 Å². The number of hydrogen-bond donors (Lipinski definition) is 5. The third kappa shape index (κ3) is 2.88. The van der Waals surface area contributed by atoms with E-state index in [4.69, 9.17) is 25.4 Å². The molecule has 0 spiro atoms. The van der Waals surface area contributed by atoms with Crippen LogP contribution >= 0.6 is 7.82 Å². The first-order chi connectivity index (χ1) is 11.2. The zero-order valence-electron chi connectivity index (χ0n) is 12.0. The van der Waals surface area contributed by atoms with Crippen molar-refractivity contribution in [3.63, 3.8) is 0 Å². The molecule has 1 saturated heterocycles. The largest absolute Gasteiger partial charge is 0.544 e. The molecule has 2 aromatic rings. The maximum absolute atomic E-state index is 12.2. The number of aliphatic hydroxyl groups excluding tert-OH is 2. The lowest BCUT2D eigenvalue weighted by Gasteiger charge is -2.14. The number of anilines is 1. The Kier molecular flexibility index (Phi) is 4.07. The third-order valence-corrected chi connectivity index (χ3v) is 3.84. The highest BCUT2D eigenvalue weighted by molar-refractivity contribution is 7.46. The SMILES string of the molecule is Nc1nc2c(ncn2[C@H]2C[C@H](O)[C@@H](CO)O2)c(=O)n1OP(=O)(O)O. The van der Waals surface area contributed by atoms with Crippen molar-refractivity contribution >= 4 is 24.9 Å². The van der Waals surface area contributed by atoms with Crippen molar-refractivity contribution in [2.24, 2.45) is 0 Å². The lowest BCUT2D eigenvalue weighted by Crippen LogP contribution is -2.29. The molecule has 1 aliphatic rings. The summed E-state index contributed by atoms with van der Waals surface area (Å²) in [5, 5.41) is 18.9. The van der Waals surface area contributed by atoms with E-state index in [9.17, 15) is 14.5 Å². The molecule has 0 unspecified atom stereocenters. The standard InChI is InChI=1S/C10H14N5O8P/c11-10-13-8-7(9(18)15(10)23-24(19,20)21)12-3-14(8)6-1-4(17)5(2-16)22-6/h3-6,16-17H,1-2H2,(H2,11,13)(H2,19,20,21)/t4-,5+,6+/m0/s1. The highest BCUT2D eigenvalue weighted by atomic mass is 31.2. The molecule has 3 atom stereocenters. The molecule has 1 aliphatic heterocycles. The smallest absolute Gasteiger partial charge is 0.394 e. The quantitative estimate of drug-likeness (QED) is 0.355. The Labute approximate surface area is 133 Å². The van der Waals surface area contributed by atoms with Gasteiger partial charge in [0.05, 0.1) is 19.0 Å². The van der Waals surface area contributed by atoms with E-state index in [0.29, 0.717) is 0 Å². The molecule has 6 N–H and O–H groups in total. The van der Waals surface area contributed by atoms with E-state index in [0.717, 1.165) is 0 Å². The first kappa shape index (κ1) is 16.8. The van der Waals surface area contributed by atoms with Gasteiger partial charge in [0.2, 0.25) is 5.95 Å². The minimum Gasteiger partial charge on any atom is -0.394 e. The number of rotatable bonds is 4.